The Morgan fingerprint density at radius 3 is 2.42 bits per heavy atom. The second-order valence-electron chi connectivity index (χ2n) is 3.80. The smallest absolute Gasteiger partial charge is 0.164 e. The van der Waals surface area contributed by atoms with Gasteiger partial charge < -0.3 is 4.90 Å². The van der Waals surface area contributed by atoms with Crippen molar-refractivity contribution >= 4 is 16.9 Å². The molecule has 68 valence electrons. The molecule has 0 aliphatic carbocycles. The van der Waals surface area contributed by atoms with Gasteiger partial charge in [-0.15, -0.1) is 0 Å². The van der Waals surface area contributed by atoms with Crippen LogP contribution in [0.1, 0.15) is 20.8 Å². The number of hydrogen-bond acceptors (Lipinski definition) is 3. The minimum Gasteiger partial charge on any atom is -0.357 e. The number of hydrogen-bond donors (Lipinski definition) is 0. The van der Waals surface area contributed by atoms with Gasteiger partial charge in [-0.3, -0.25) is 4.99 Å². The van der Waals surface area contributed by atoms with Gasteiger partial charge in [0.1, 0.15) is 0 Å². The third kappa shape index (κ3) is 2.27. The Morgan fingerprint density at radius 1 is 1.42 bits per heavy atom. The number of aliphatic imine (C=N–C) groups is 1. The first-order valence-corrected chi connectivity index (χ1v) is 4.87. The average Bonchev–Trinajstić information content (AvgIpc) is 1.82. The maximum atomic E-state index is 4.59. The molecule has 0 N–H and O–H groups in total. The summed E-state index contributed by atoms with van der Waals surface area (Å²) in [5.74, 6) is 0. The number of allylic oxidation sites excluding steroid dienone is 1. The van der Waals surface area contributed by atoms with Gasteiger partial charge in [-0.2, -0.15) is 0 Å². The predicted molar refractivity (Wildman–Crippen MR) is 56.5 cm³/mol. The lowest BCUT2D eigenvalue weighted by Gasteiger charge is -2.26. The molecule has 1 aliphatic heterocycles. The summed E-state index contributed by atoms with van der Waals surface area (Å²) in [6.45, 7) is 6.38. The number of amidine groups is 1. The Kier molecular flexibility index (Phi) is 2.52. The van der Waals surface area contributed by atoms with Crippen LogP contribution >= 0.6 is 11.8 Å². The van der Waals surface area contributed by atoms with Gasteiger partial charge >= 0.3 is 0 Å². The number of rotatable bonds is 0. The molecule has 3 heteroatoms. The molecule has 1 rings (SSSR count). The third-order valence-corrected chi connectivity index (χ3v) is 2.65. The van der Waals surface area contributed by atoms with E-state index in [1.165, 1.54) is 4.91 Å². The molecule has 12 heavy (non-hydrogen) atoms. The molecule has 0 saturated carbocycles. The average molecular weight is 184 g/mol. The zero-order valence-electron chi connectivity index (χ0n) is 8.38. The molecule has 1 heterocycles. The highest BCUT2D eigenvalue weighted by Gasteiger charge is 2.21. The Hall–Kier alpha value is -0.440. The Bertz CT molecular complexity index is 239. The van der Waals surface area contributed by atoms with Crippen LogP contribution in [-0.4, -0.2) is 29.7 Å². The van der Waals surface area contributed by atoms with E-state index < -0.39 is 0 Å². The van der Waals surface area contributed by atoms with Gasteiger partial charge in [0.25, 0.3) is 0 Å². The Labute approximate surface area is 78.7 Å². The van der Waals surface area contributed by atoms with E-state index in [4.69, 9.17) is 0 Å². The fraction of sp³-hybridized carbons (Fsp3) is 0.667. The van der Waals surface area contributed by atoms with Crippen molar-refractivity contribution in [1.29, 1.82) is 0 Å². The predicted octanol–water partition coefficient (Wildman–Crippen LogP) is 2.33. The lowest BCUT2D eigenvalue weighted by molar-refractivity contribution is 0.592. The monoisotopic (exact) mass is 184 g/mol. The number of nitrogens with zero attached hydrogens (tertiary/aromatic N) is 2. The van der Waals surface area contributed by atoms with Crippen LogP contribution in [0.15, 0.2) is 16.0 Å². The van der Waals surface area contributed by atoms with Gasteiger partial charge in [-0.25, -0.2) is 0 Å². The zero-order chi connectivity index (χ0) is 9.35. The second kappa shape index (κ2) is 3.13. The summed E-state index contributed by atoms with van der Waals surface area (Å²) >= 11 is 1.73. The van der Waals surface area contributed by atoms with Crippen molar-refractivity contribution < 1.29 is 0 Å². The molecule has 0 aromatic rings. The fourth-order valence-corrected chi connectivity index (χ4v) is 2.26. The molecule has 0 saturated heterocycles. The lowest BCUT2D eigenvalue weighted by Crippen LogP contribution is -2.27. The first-order valence-electron chi connectivity index (χ1n) is 4.05. The topological polar surface area (TPSA) is 15.6 Å². The van der Waals surface area contributed by atoms with Crippen LogP contribution in [0.4, 0.5) is 0 Å². The van der Waals surface area contributed by atoms with Crippen molar-refractivity contribution in [3.8, 4) is 0 Å². The van der Waals surface area contributed by atoms with Gasteiger partial charge in [0, 0.05) is 14.1 Å². The Balaban J connectivity index is 2.88. The Morgan fingerprint density at radius 2 is 2.00 bits per heavy atom. The largest absolute Gasteiger partial charge is 0.357 e. The summed E-state index contributed by atoms with van der Waals surface area (Å²) < 4.78 is 0. The lowest BCUT2D eigenvalue weighted by atomic mass is 10.1. The molecule has 2 nitrogen and oxygen atoms in total. The van der Waals surface area contributed by atoms with Crippen molar-refractivity contribution in [3.05, 3.63) is 11.0 Å². The fourth-order valence-electron chi connectivity index (χ4n) is 1.16. The van der Waals surface area contributed by atoms with Gasteiger partial charge in [-0.1, -0.05) is 11.8 Å². The van der Waals surface area contributed by atoms with E-state index in [0.29, 0.717) is 0 Å². The van der Waals surface area contributed by atoms with Gasteiger partial charge in [0.2, 0.25) is 0 Å². The van der Waals surface area contributed by atoms with E-state index in [9.17, 15) is 0 Å². The summed E-state index contributed by atoms with van der Waals surface area (Å²) in [4.78, 5) is 7.98. The first kappa shape index (κ1) is 9.65. The van der Waals surface area contributed by atoms with E-state index >= 15 is 0 Å². The third-order valence-electron chi connectivity index (χ3n) is 1.58. The van der Waals surface area contributed by atoms with Crippen LogP contribution in [0.5, 0.6) is 0 Å². The molecule has 0 unspecified atom stereocenters. The normalized spacial score (nSPS) is 21.4. The molecule has 0 aromatic heterocycles. The molecular formula is C9H16N2S. The van der Waals surface area contributed by atoms with Crippen molar-refractivity contribution in [2.45, 2.75) is 26.3 Å². The van der Waals surface area contributed by atoms with Crippen LogP contribution in [-0.2, 0) is 0 Å². The van der Waals surface area contributed by atoms with Gasteiger partial charge in [0.15, 0.2) is 5.17 Å². The maximum absolute atomic E-state index is 4.59. The summed E-state index contributed by atoms with van der Waals surface area (Å²) in [6, 6.07) is 0. The molecule has 0 spiro atoms. The minimum absolute atomic E-state index is 0.0328. The quantitative estimate of drug-likeness (QED) is 0.574. The number of thioether (sulfide) groups is 1. The highest BCUT2D eigenvalue weighted by Crippen LogP contribution is 2.29. The van der Waals surface area contributed by atoms with Crippen LogP contribution in [0.3, 0.4) is 0 Å². The molecule has 0 atom stereocenters. The molecule has 1 aliphatic rings. The van der Waals surface area contributed by atoms with Crippen LogP contribution in [0.25, 0.3) is 0 Å². The van der Waals surface area contributed by atoms with Gasteiger partial charge in [-0.05, 0) is 31.8 Å². The molecule has 0 radical (unpaired) electrons. The standard InChI is InChI=1S/C9H16N2S/c1-7-6-9(2,3)10-8(12-7)11(4)5/h6H,1-5H3. The highest BCUT2D eigenvalue weighted by atomic mass is 32.2. The van der Waals surface area contributed by atoms with Crippen LogP contribution < -0.4 is 0 Å². The highest BCUT2D eigenvalue weighted by molar-refractivity contribution is 8.17. The van der Waals surface area contributed by atoms with Crippen LogP contribution in [0.2, 0.25) is 0 Å². The first-order chi connectivity index (χ1) is 5.41. The molecule has 0 amide bonds. The summed E-state index contributed by atoms with van der Waals surface area (Å²) in [5, 5.41) is 1.10. The summed E-state index contributed by atoms with van der Waals surface area (Å²) in [6.07, 6.45) is 2.20. The van der Waals surface area contributed by atoms with E-state index in [1.54, 1.807) is 11.8 Å². The zero-order valence-corrected chi connectivity index (χ0v) is 9.20. The SMILES string of the molecule is CC1=CC(C)(C)N=C(N(C)C)S1. The van der Waals surface area contributed by atoms with Crippen molar-refractivity contribution in [3.63, 3.8) is 0 Å². The molecule has 0 bridgehead atoms. The van der Waals surface area contributed by atoms with Crippen molar-refractivity contribution in [2.24, 2.45) is 4.99 Å². The van der Waals surface area contributed by atoms with Crippen molar-refractivity contribution in [1.82, 2.24) is 4.90 Å². The van der Waals surface area contributed by atoms with E-state index in [0.717, 1.165) is 5.17 Å². The maximum Gasteiger partial charge on any atom is 0.164 e. The van der Waals surface area contributed by atoms with Crippen molar-refractivity contribution in [2.75, 3.05) is 14.1 Å². The second-order valence-corrected chi connectivity index (χ2v) is 5.01. The minimum atomic E-state index is -0.0328. The van der Waals surface area contributed by atoms with E-state index in [-0.39, 0.29) is 5.54 Å². The molecule has 0 aromatic carbocycles. The van der Waals surface area contributed by atoms with Gasteiger partial charge in [0.05, 0.1) is 5.54 Å². The van der Waals surface area contributed by atoms with Crippen LogP contribution in [0, 0.1) is 0 Å². The molecule has 0 fully saturated rings. The van der Waals surface area contributed by atoms with E-state index in [2.05, 4.69) is 36.7 Å². The summed E-state index contributed by atoms with van der Waals surface area (Å²) in [5.41, 5.74) is -0.0328. The molecular weight excluding hydrogens is 168 g/mol. The summed E-state index contributed by atoms with van der Waals surface area (Å²) in [7, 11) is 4.06. The van der Waals surface area contributed by atoms with E-state index in [1.807, 2.05) is 14.1 Å².